The fraction of sp³-hybridized carbons (Fsp3) is 0.529. The van der Waals surface area contributed by atoms with Crippen molar-refractivity contribution in [3.05, 3.63) is 23.8 Å². The van der Waals surface area contributed by atoms with Crippen LogP contribution < -0.4 is 10.1 Å². The van der Waals surface area contributed by atoms with Crippen molar-refractivity contribution >= 4 is 12.1 Å². The minimum absolute atomic E-state index is 0.0843. The van der Waals surface area contributed by atoms with Crippen molar-refractivity contribution in [2.24, 2.45) is 0 Å². The third-order valence-corrected chi connectivity index (χ3v) is 3.03. The van der Waals surface area contributed by atoms with Crippen molar-refractivity contribution in [1.82, 2.24) is 5.32 Å². The van der Waals surface area contributed by atoms with Crippen molar-refractivity contribution in [1.29, 1.82) is 0 Å². The fourth-order valence-corrected chi connectivity index (χ4v) is 1.99. The number of phenolic OH excluding ortho intramolecular Hbond substituents is 1. The van der Waals surface area contributed by atoms with Gasteiger partial charge in [0.1, 0.15) is 11.6 Å². The van der Waals surface area contributed by atoms with Gasteiger partial charge in [0.2, 0.25) is 0 Å². The summed E-state index contributed by atoms with van der Waals surface area (Å²) >= 11 is 0. The Morgan fingerprint density at radius 1 is 1.22 bits per heavy atom. The van der Waals surface area contributed by atoms with Crippen molar-refractivity contribution in [2.75, 3.05) is 13.7 Å². The van der Waals surface area contributed by atoms with E-state index in [0.717, 1.165) is 19.2 Å². The quantitative estimate of drug-likeness (QED) is 0.722. The third-order valence-electron chi connectivity index (χ3n) is 3.03. The van der Waals surface area contributed by atoms with E-state index < -0.39 is 42.2 Å². The topological polar surface area (TPSA) is 94.1 Å². The van der Waals surface area contributed by atoms with E-state index in [4.69, 9.17) is 4.74 Å². The van der Waals surface area contributed by atoms with Crippen LogP contribution in [-0.2, 0) is 20.7 Å². The van der Waals surface area contributed by atoms with E-state index >= 15 is 0 Å². The number of hydrogen-bond donors (Lipinski definition) is 2. The average Bonchev–Trinajstić information content (AvgIpc) is 2.50. The molecule has 0 aliphatic heterocycles. The summed E-state index contributed by atoms with van der Waals surface area (Å²) in [5, 5.41) is 12.2. The van der Waals surface area contributed by atoms with E-state index in [9.17, 15) is 27.9 Å². The molecule has 0 aliphatic carbocycles. The van der Waals surface area contributed by atoms with Gasteiger partial charge in [-0.3, -0.25) is 0 Å². The zero-order valence-corrected chi connectivity index (χ0v) is 15.3. The standard InChI is InChI=1S/C17H22F3NO6/c1-16(2,3)27-15(24)21-11(14(23)25-4)7-10-5-6-13(12(22)8-10)26-9-17(18,19)20/h5-6,8,11,22H,7,9H2,1-4H3,(H,21,24). The second-order valence-corrected chi connectivity index (χ2v) is 6.63. The third kappa shape index (κ3) is 8.52. The van der Waals surface area contributed by atoms with E-state index in [0.29, 0.717) is 5.56 Å². The van der Waals surface area contributed by atoms with Crippen molar-refractivity contribution in [2.45, 2.75) is 45.0 Å². The molecule has 0 spiro atoms. The van der Waals surface area contributed by atoms with Crippen LogP contribution >= 0.6 is 0 Å². The van der Waals surface area contributed by atoms with Crippen LogP contribution in [-0.4, -0.2) is 48.7 Å². The molecule has 1 unspecified atom stereocenters. The number of nitrogens with one attached hydrogen (secondary N) is 1. The van der Waals surface area contributed by atoms with Crippen molar-refractivity contribution < 1.29 is 42.1 Å². The van der Waals surface area contributed by atoms with Crippen LogP contribution in [0.2, 0.25) is 0 Å². The fourth-order valence-electron chi connectivity index (χ4n) is 1.99. The lowest BCUT2D eigenvalue weighted by Crippen LogP contribution is -2.45. The number of phenols is 1. The molecule has 0 aromatic heterocycles. The summed E-state index contributed by atoms with van der Waals surface area (Å²) in [6, 6.07) is 2.51. The predicted molar refractivity (Wildman–Crippen MR) is 88.5 cm³/mol. The summed E-state index contributed by atoms with van der Waals surface area (Å²) < 4.78 is 50.7. The highest BCUT2D eigenvalue weighted by molar-refractivity contribution is 5.81. The number of esters is 1. The summed E-state index contributed by atoms with van der Waals surface area (Å²) in [4.78, 5) is 23.7. The molecule has 1 rings (SSSR count). The number of methoxy groups -OCH3 is 1. The monoisotopic (exact) mass is 393 g/mol. The minimum atomic E-state index is -4.54. The molecular weight excluding hydrogens is 371 g/mol. The lowest BCUT2D eigenvalue weighted by Gasteiger charge is -2.22. The highest BCUT2D eigenvalue weighted by Crippen LogP contribution is 2.29. The van der Waals surface area contributed by atoms with Crippen LogP contribution in [0.3, 0.4) is 0 Å². The number of carbonyl (C=O) groups excluding carboxylic acids is 2. The summed E-state index contributed by atoms with van der Waals surface area (Å²) in [5.74, 6) is -1.64. The van der Waals surface area contributed by atoms with Gasteiger partial charge in [0, 0.05) is 6.42 Å². The molecule has 1 aromatic carbocycles. The van der Waals surface area contributed by atoms with Gasteiger partial charge in [-0.15, -0.1) is 0 Å². The molecule has 2 N–H and O–H groups in total. The first-order valence-electron chi connectivity index (χ1n) is 7.89. The van der Waals surface area contributed by atoms with Gasteiger partial charge in [0.05, 0.1) is 7.11 Å². The highest BCUT2D eigenvalue weighted by atomic mass is 19.4. The number of hydrogen-bond acceptors (Lipinski definition) is 6. The number of rotatable bonds is 6. The smallest absolute Gasteiger partial charge is 0.422 e. The van der Waals surface area contributed by atoms with E-state index in [1.807, 2.05) is 0 Å². The summed E-state index contributed by atoms with van der Waals surface area (Å²) in [5.41, 5.74) is -0.418. The number of benzene rings is 1. The summed E-state index contributed by atoms with van der Waals surface area (Å²) in [6.45, 7) is 3.40. The van der Waals surface area contributed by atoms with Gasteiger partial charge in [-0.05, 0) is 38.5 Å². The molecule has 0 heterocycles. The maximum absolute atomic E-state index is 12.2. The SMILES string of the molecule is COC(=O)C(Cc1ccc(OCC(F)(F)F)c(O)c1)NC(=O)OC(C)(C)C. The number of alkyl carbamates (subject to hydrolysis) is 1. The van der Waals surface area contributed by atoms with Crippen LogP contribution in [0.5, 0.6) is 11.5 Å². The van der Waals surface area contributed by atoms with E-state index in [-0.39, 0.29) is 12.2 Å². The molecule has 7 nitrogen and oxygen atoms in total. The first kappa shape index (κ1) is 22.4. The average molecular weight is 393 g/mol. The lowest BCUT2D eigenvalue weighted by atomic mass is 10.1. The number of alkyl halides is 3. The molecule has 0 saturated heterocycles. The molecule has 0 aliphatic rings. The van der Waals surface area contributed by atoms with Gasteiger partial charge in [0.25, 0.3) is 0 Å². The van der Waals surface area contributed by atoms with E-state index in [1.165, 1.54) is 6.07 Å². The number of ether oxygens (including phenoxy) is 3. The van der Waals surface area contributed by atoms with Crippen LogP contribution in [0.15, 0.2) is 18.2 Å². The zero-order valence-electron chi connectivity index (χ0n) is 15.3. The molecule has 10 heteroatoms. The molecular formula is C17H22F3NO6. The Labute approximate surface area is 154 Å². The molecule has 0 fully saturated rings. The van der Waals surface area contributed by atoms with Gasteiger partial charge < -0.3 is 24.6 Å². The number of carbonyl (C=O) groups is 2. The Kier molecular flexibility index (Phi) is 7.32. The van der Waals surface area contributed by atoms with E-state index in [2.05, 4.69) is 14.8 Å². The first-order valence-corrected chi connectivity index (χ1v) is 7.89. The maximum Gasteiger partial charge on any atom is 0.422 e. The van der Waals surface area contributed by atoms with Crippen LogP contribution in [0.1, 0.15) is 26.3 Å². The Morgan fingerprint density at radius 2 is 1.85 bits per heavy atom. The molecule has 1 atom stereocenters. The summed E-state index contributed by atoms with van der Waals surface area (Å²) in [6.07, 6.45) is -5.47. The Bertz CT molecular complexity index is 670. The molecule has 1 aromatic rings. The largest absolute Gasteiger partial charge is 0.504 e. The maximum atomic E-state index is 12.2. The van der Waals surface area contributed by atoms with Crippen LogP contribution in [0, 0.1) is 0 Å². The summed E-state index contributed by atoms with van der Waals surface area (Å²) in [7, 11) is 1.14. The Balaban J connectivity index is 2.85. The normalized spacial score (nSPS) is 12.9. The molecule has 152 valence electrons. The number of aromatic hydroxyl groups is 1. The van der Waals surface area contributed by atoms with Gasteiger partial charge in [0.15, 0.2) is 18.1 Å². The Morgan fingerprint density at radius 3 is 2.33 bits per heavy atom. The van der Waals surface area contributed by atoms with E-state index in [1.54, 1.807) is 20.8 Å². The Hall–Kier alpha value is -2.65. The molecule has 1 amide bonds. The second kappa shape index (κ2) is 8.83. The first-order chi connectivity index (χ1) is 12.3. The van der Waals surface area contributed by atoms with Crippen LogP contribution in [0.4, 0.5) is 18.0 Å². The molecule has 27 heavy (non-hydrogen) atoms. The molecule has 0 radical (unpaired) electrons. The molecule has 0 bridgehead atoms. The zero-order chi connectivity index (χ0) is 20.8. The number of halogens is 3. The van der Waals surface area contributed by atoms with Gasteiger partial charge in [-0.1, -0.05) is 6.07 Å². The van der Waals surface area contributed by atoms with Gasteiger partial charge in [-0.2, -0.15) is 13.2 Å². The number of amides is 1. The van der Waals surface area contributed by atoms with Crippen molar-refractivity contribution in [3.63, 3.8) is 0 Å². The predicted octanol–water partition coefficient (Wildman–Crippen LogP) is 2.94. The van der Waals surface area contributed by atoms with Gasteiger partial charge >= 0.3 is 18.2 Å². The van der Waals surface area contributed by atoms with Gasteiger partial charge in [-0.25, -0.2) is 9.59 Å². The lowest BCUT2D eigenvalue weighted by molar-refractivity contribution is -0.153. The minimum Gasteiger partial charge on any atom is -0.504 e. The highest BCUT2D eigenvalue weighted by Gasteiger charge is 2.29. The molecule has 0 saturated carbocycles. The van der Waals surface area contributed by atoms with Crippen molar-refractivity contribution in [3.8, 4) is 11.5 Å². The van der Waals surface area contributed by atoms with Crippen LogP contribution in [0.25, 0.3) is 0 Å². The second-order valence-electron chi connectivity index (χ2n) is 6.63.